The van der Waals surface area contributed by atoms with Crippen LogP contribution >= 0.6 is 0 Å². The highest BCUT2D eigenvalue weighted by Crippen LogP contribution is 2.27. The van der Waals surface area contributed by atoms with Crippen LogP contribution in [0.25, 0.3) is 0 Å². The van der Waals surface area contributed by atoms with Gasteiger partial charge in [0.1, 0.15) is 6.61 Å². The van der Waals surface area contributed by atoms with Crippen molar-refractivity contribution in [1.29, 1.82) is 0 Å². The average molecular weight is 287 g/mol. The van der Waals surface area contributed by atoms with Crippen molar-refractivity contribution in [1.82, 2.24) is 4.72 Å². The monoisotopic (exact) mass is 287 g/mol. The van der Waals surface area contributed by atoms with Gasteiger partial charge in [0, 0.05) is 6.54 Å². The first-order valence-corrected chi connectivity index (χ1v) is 7.88. The van der Waals surface area contributed by atoms with E-state index in [1.54, 1.807) is 7.11 Å². The molecule has 5 nitrogen and oxygen atoms in total. The van der Waals surface area contributed by atoms with Gasteiger partial charge in [-0.2, -0.15) is 0 Å². The Hall–Kier alpha value is -1.27. The Morgan fingerprint density at radius 2 is 2.00 bits per heavy atom. The molecule has 19 heavy (non-hydrogen) atoms. The van der Waals surface area contributed by atoms with Gasteiger partial charge >= 0.3 is 0 Å². The molecule has 0 spiro atoms. The SMILES string of the molecule is CCCS(=O)(=O)NCCOc1ccc(C)cc1OC. The van der Waals surface area contributed by atoms with Crippen molar-refractivity contribution >= 4 is 10.0 Å². The number of methoxy groups -OCH3 is 1. The summed E-state index contributed by atoms with van der Waals surface area (Å²) in [5, 5.41) is 0. The van der Waals surface area contributed by atoms with Crippen LogP contribution in [0.4, 0.5) is 0 Å². The van der Waals surface area contributed by atoms with Crippen molar-refractivity contribution in [2.24, 2.45) is 0 Å². The number of hydrogen-bond donors (Lipinski definition) is 1. The molecule has 0 aliphatic carbocycles. The minimum Gasteiger partial charge on any atom is -0.493 e. The molecule has 108 valence electrons. The molecule has 0 aliphatic rings. The van der Waals surface area contributed by atoms with Crippen LogP contribution in [-0.4, -0.2) is 34.4 Å². The predicted octanol–water partition coefficient (Wildman–Crippen LogP) is 1.71. The Morgan fingerprint density at radius 3 is 2.63 bits per heavy atom. The van der Waals surface area contributed by atoms with Gasteiger partial charge in [0.2, 0.25) is 10.0 Å². The molecule has 0 amide bonds. The summed E-state index contributed by atoms with van der Waals surface area (Å²) >= 11 is 0. The van der Waals surface area contributed by atoms with E-state index < -0.39 is 10.0 Å². The molecule has 1 aromatic rings. The van der Waals surface area contributed by atoms with Gasteiger partial charge in [0.05, 0.1) is 12.9 Å². The summed E-state index contributed by atoms with van der Waals surface area (Å²) in [4.78, 5) is 0. The first-order chi connectivity index (χ1) is 8.98. The molecular weight excluding hydrogens is 266 g/mol. The molecule has 1 aromatic carbocycles. The van der Waals surface area contributed by atoms with E-state index in [1.165, 1.54) is 0 Å². The van der Waals surface area contributed by atoms with Gasteiger partial charge in [-0.05, 0) is 31.0 Å². The maximum atomic E-state index is 11.4. The van der Waals surface area contributed by atoms with Gasteiger partial charge in [-0.1, -0.05) is 13.0 Å². The summed E-state index contributed by atoms with van der Waals surface area (Å²) in [6.07, 6.45) is 0.599. The van der Waals surface area contributed by atoms with E-state index in [2.05, 4.69) is 4.72 Å². The third-order valence-electron chi connectivity index (χ3n) is 2.47. The van der Waals surface area contributed by atoms with Crippen LogP contribution < -0.4 is 14.2 Å². The van der Waals surface area contributed by atoms with Gasteiger partial charge in [0.25, 0.3) is 0 Å². The second kappa shape index (κ2) is 7.35. The molecule has 0 atom stereocenters. The molecule has 0 aromatic heterocycles. The van der Waals surface area contributed by atoms with Crippen LogP contribution in [0.3, 0.4) is 0 Å². The van der Waals surface area contributed by atoms with E-state index in [9.17, 15) is 8.42 Å². The predicted molar refractivity (Wildman–Crippen MR) is 75.3 cm³/mol. The van der Waals surface area contributed by atoms with Crippen molar-refractivity contribution in [3.8, 4) is 11.5 Å². The summed E-state index contributed by atoms with van der Waals surface area (Å²) in [6.45, 7) is 4.31. The molecule has 0 bridgehead atoms. The summed E-state index contributed by atoms with van der Waals surface area (Å²) in [5.41, 5.74) is 1.08. The first-order valence-electron chi connectivity index (χ1n) is 6.23. The normalized spacial score (nSPS) is 11.3. The number of hydrogen-bond acceptors (Lipinski definition) is 4. The third kappa shape index (κ3) is 5.48. The van der Waals surface area contributed by atoms with Crippen LogP contribution in [0.15, 0.2) is 18.2 Å². The molecular formula is C13H21NO4S. The molecule has 0 saturated carbocycles. The van der Waals surface area contributed by atoms with Gasteiger partial charge in [0.15, 0.2) is 11.5 Å². The first kappa shape index (κ1) is 15.8. The van der Waals surface area contributed by atoms with Gasteiger partial charge in [-0.15, -0.1) is 0 Å². The van der Waals surface area contributed by atoms with Crippen LogP contribution in [0, 0.1) is 6.92 Å². The quantitative estimate of drug-likeness (QED) is 0.739. The number of ether oxygens (including phenoxy) is 2. The lowest BCUT2D eigenvalue weighted by Crippen LogP contribution is -2.30. The molecule has 0 fully saturated rings. The minimum absolute atomic E-state index is 0.140. The molecule has 0 radical (unpaired) electrons. The lowest BCUT2D eigenvalue weighted by atomic mass is 10.2. The largest absolute Gasteiger partial charge is 0.493 e. The fourth-order valence-electron chi connectivity index (χ4n) is 1.59. The number of benzene rings is 1. The molecule has 0 heterocycles. The Kier molecular flexibility index (Phi) is 6.11. The molecule has 6 heteroatoms. The number of nitrogens with one attached hydrogen (secondary N) is 1. The van der Waals surface area contributed by atoms with Crippen LogP contribution in [0.1, 0.15) is 18.9 Å². The molecule has 0 aliphatic heterocycles. The summed E-state index contributed by atoms with van der Waals surface area (Å²) < 4.78 is 36.0. The highest BCUT2D eigenvalue weighted by Gasteiger charge is 2.08. The summed E-state index contributed by atoms with van der Waals surface area (Å²) in [7, 11) is -1.59. The zero-order valence-corrected chi connectivity index (χ0v) is 12.4. The fraction of sp³-hybridized carbons (Fsp3) is 0.538. The number of aryl methyl sites for hydroxylation is 1. The molecule has 0 saturated heterocycles. The lowest BCUT2D eigenvalue weighted by Gasteiger charge is -2.11. The maximum absolute atomic E-state index is 11.4. The van der Waals surface area contributed by atoms with E-state index in [0.29, 0.717) is 17.9 Å². The average Bonchev–Trinajstić information content (AvgIpc) is 2.35. The third-order valence-corrected chi connectivity index (χ3v) is 4.06. The molecule has 1 N–H and O–H groups in total. The smallest absolute Gasteiger partial charge is 0.211 e. The van der Waals surface area contributed by atoms with Crippen molar-refractivity contribution < 1.29 is 17.9 Å². The van der Waals surface area contributed by atoms with Gasteiger partial charge in [-0.3, -0.25) is 0 Å². The van der Waals surface area contributed by atoms with Crippen LogP contribution in [-0.2, 0) is 10.0 Å². The van der Waals surface area contributed by atoms with E-state index >= 15 is 0 Å². The topological polar surface area (TPSA) is 64.6 Å². The Balaban J connectivity index is 2.46. The maximum Gasteiger partial charge on any atom is 0.211 e. The van der Waals surface area contributed by atoms with Crippen molar-refractivity contribution in [3.63, 3.8) is 0 Å². The van der Waals surface area contributed by atoms with Crippen molar-refractivity contribution in [2.75, 3.05) is 26.0 Å². The fourth-order valence-corrected chi connectivity index (χ4v) is 2.67. The van der Waals surface area contributed by atoms with Gasteiger partial charge < -0.3 is 9.47 Å². The minimum atomic E-state index is -3.17. The highest BCUT2D eigenvalue weighted by molar-refractivity contribution is 7.89. The molecule has 0 unspecified atom stereocenters. The van der Waals surface area contributed by atoms with E-state index in [-0.39, 0.29) is 18.9 Å². The zero-order chi connectivity index (χ0) is 14.3. The standard InChI is InChI=1S/C13H21NO4S/c1-4-9-19(15,16)14-7-8-18-12-6-5-11(2)10-13(12)17-3/h5-6,10,14H,4,7-9H2,1-3H3. The summed E-state index contributed by atoms with van der Waals surface area (Å²) in [5.74, 6) is 1.40. The van der Waals surface area contributed by atoms with Crippen molar-refractivity contribution in [2.45, 2.75) is 20.3 Å². The van der Waals surface area contributed by atoms with E-state index in [0.717, 1.165) is 5.56 Å². The second-order valence-corrected chi connectivity index (χ2v) is 6.14. The van der Waals surface area contributed by atoms with Crippen LogP contribution in [0.5, 0.6) is 11.5 Å². The Morgan fingerprint density at radius 1 is 1.26 bits per heavy atom. The highest BCUT2D eigenvalue weighted by atomic mass is 32.2. The molecule has 1 rings (SSSR count). The number of rotatable bonds is 8. The van der Waals surface area contributed by atoms with Crippen molar-refractivity contribution in [3.05, 3.63) is 23.8 Å². The van der Waals surface area contributed by atoms with Gasteiger partial charge in [-0.25, -0.2) is 13.1 Å². The Bertz CT molecular complexity index is 499. The lowest BCUT2D eigenvalue weighted by molar-refractivity contribution is 0.298. The second-order valence-electron chi connectivity index (χ2n) is 4.22. The Labute approximate surface area is 115 Å². The summed E-state index contributed by atoms with van der Waals surface area (Å²) in [6, 6.07) is 5.60. The number of sulfonamides is 1. The van der Waals surface area contributed by atoms with E-state index in [4.69, 9.17) is 9.47 Å². The zero-order valence-electron chi connectivity index (χ0n) is 11.6. The van der Waals surface area contributed by atoms with E-state index in [1.807, 2.05) is 32.0 Å². The van der Waals surface area contributed by atoms with Crippen LogP contribution in [0.2, 0.25) is 0 Å².